The minimum atomic E-state index is -0.866. The molecule has 37 heavy (non-hydrogen) atoms. The molecule has 200 valence electrons. The number of primary amides is 1. The van der Waals surface area contributed by atoms with E-state index in [0.29, 0.717) is 44.0 Å². The number of urea groups is 1. The number of nitrogens with zero attached hydrogens (tertiary/aromatic N) is 3. The Bertz CT molecular complexity index is 1150. The van der Waals surface area contributed by atoms with E-state index in [9.17, 15) is 19.8 Å². The second-order valence-electron chi connectivity index (χ2n) is 10.5. The van der Waals surface area contributed by atoms with Gasteiger partial charge in [0, 0.05) is 38.8 Å². The minimum absolute atomic E-state index is 0.0561. The van der Waals surface area contributed by atoms with E-state index in [1.54, 1.807) is 17.0 Å². The highest BCUT2D eigenvalue weighted by Crippen LogP contribution is 2.33. The quantitative estimate of drug-likeness (QED) is 0.350. The van der Waals surface area contributed by atoms with Crippen molar-refractivity contribution in [1.29, 1.82) is 5.41 Å². The summed E-state index contributed by atoms with van der Waals surface area (Å²) in [6, 6.07) is 8.92. The van der Waals surface area contributed by atoms with Crippen LogP contribution in [-0.4, -0.2) is 69.8 Å². The summed E-state index contributed by atoms with van der Waals surface area (Å²) in [6.45, 7) is 12.5. The predicted molar refractivity (Wildman–Crippen MR) is 142 cm³/mol. The van der Waals surface area contributed by atoms with Crippen LogP contribution >= 0.6 is 0 Å². The third-order valence-electron chi connectivity index (χ3n) is 6.09. The van der Waals surface area contributed by atoms with Crippen LogP contribution in [-0.2, 0) is 11.3 Å². The van der Waals surface area contributed by atoms with Gasteiger partial charge < -0.3 is 25.6 Å². The lowest BCUT2D eigenvalue weighted by atomic mass is 9.98. The van der Waals surface area contributed by atoms with Gasteiger partial charge in [-0.3, -0.25) is 10.3 Å². The van der Waals surface area contributed by atoms with Crippen LogP contribution in [0.3, 0.4) is 0 Å². The highest BCUT2D eigenvalue weighted by Gasteiger charge is 2.27. The van der Waals surface area contributed by atoms with E-state index in [2.05, 4.69) is 4.90 Å². The van der Waals surface area contributed by atoms with Crippen LogP contribution in [0.15, 0.2) is 36.4 Å². The van der Waals surface area contributed by atoms with Gasteiger partial charge in [0.25, 0.3) is 0 Å². The van der Waals surface area contributed by atoms with Crippen LogP contribution in [0.1, 0.15) is 57.2 Å². The summed E-state index contributed by atoms with van der Waals surface area (Å²) in [5.74, 6) is -0.747. The maximum Gasteiger partial charge on any atom is 0.410 e. The highest BCUT2D eigenvalue weighted by atomic mass is 16.6. The summed E-state index contributed by atoms with van der Waals surface area (Å²) in [4.78, 5) is 29.5. The standard InChI is InChI=1S/C27H37N5O5/c1-17(2)20-14-21(23(34)15-22(20)33)24(28)32(25(29)35)19-8-6-18(7-9-19)16-30-10-12-31(13-11-30)26(36)37-27(3,4)5/h6-9,14-15,17,28,33-34H,10-13,16H2,1-5H3,(H2,29,35). The average Bonchev–Trinajstić information content (AvgIpc) is 2.79. The van der Waals surface area contributed by atoms with E-state index >= 15 is 0 Å². The van der Waals surface area contributed by atoms with Crippen LogP contribution in [0.2, 0.25) is 0 Å². The Morgan fingerprint density at radius 3 is 2.16 bits per heavy atom. The maximum absolute atomic E-state index is 12.3. The zero-order valence-corrected chi connectivity index (χ0v) is 22.1. The van der Waals surface area contributed by atoms with Crippen molar-refractivity contribution in [3.8, 4) is 11.5 Å². The normalized spacial score (nSPS) is 14.5. The summed E-state index contributed by atoms with van der Waals surface area (Å²) in [5.41, 5.74) is 7.11. The Labute approximate surface area is 217 Å². The van der Waals surface area contributed by atoms with Crippen molar-refractivity contribution in [2.45, 2.75) is 52.7 Å². The first-order valence-corrected chi connectivity index (χ1v) is 12.3. The number of carbonyl (C=O) groups excluding carboxylic acids is 2. The zero-order chi connectivity index (χ0) is 27.5. The van der Waals surface area contributed by atoms with Gasteiger partial charge in [-0.25, -0.2) is 14.5 Å². The first kappa shape index (κ1) is 27.8. The van der Waals surface area contributed by atoms with Crippen LogP contribution in [0, 0.1) is 5.41 Å². The number of nitrogens with one attached hydrogen (secondary N) is 1. The lowest BCUT2D eigenvalue weighted by molar-refractivity contribution is 0.0139. The van der Waals surface area contributed by atoms with Gasteiger partial charge in [0.1, 0.15) is 22.9 Å². The number of amides is 3. The fourth-order valence-corrected chi connectivity index (χ4v) is 4.16. The molecule has 0 aliphatic carbocycles. The number of phenolic OH excluding ortho intramolecular Hbond substituents is 2. The first-order valence-electron chi connectivity index (χ1n) is 12.3. The Balaban J connectivity index is 1.69. The summed E-state index contributed by atoms with van der Waals surface area (Å²) >= 11 is 0. The molecular formula is C27H37N5O5. The van der Waals surface area contributed by atoms with Gasteiger partial charge in [-0.1, -0.05) is 26.0 Å². The number of aromatic hydroxyl groups is 2. The van der Waals surface area contributed by atoms with Crippen molar-refractivity contribution in [1.82, 2.24) is 9.80 Å². The molecule has 3 rings (SSSR count). The summed E-state index contributed by atoms with van der Waals surface area (Å²) in [5, 5.41) is 29.1. The number of rotatable bonds is 5. The van der Waals surface area contributed by atoms with Crippen LogP contribution in [0.5, 0.6) is 11.5 Å². The maximum atomic E-state index is 12.3. The third-order valence-corrected chi connectivity index (χ3v) is 6.09. The zero-order valence-electron chi connectivity index (χ0n) is 22.1. The molecule has 0 bridgehead atoms. The summed E-state index contributed by atoms with van der Waals surface area (Å²) in [7, 11) is 0. The molecule has 0 aromatic heterocycles. The molecule has 1 aliphatic rings. The van der Waals surface area contributed by atoms with Gasteiger partial charge in [0.15, 0.2) is 0 Å². The molecule has 1 saturated heterocycles. The number of carbonyl (C=O) groups is 2. The van der Waals surface area contributed by atoms with Crippen molar-refractivity contribution in [3.63, 3.8) is 0 Å². The number of hydrogen-bond acceptors (Lipinski definition) is 7. The minimum Gasteiger partial charge on any atom is -0.508 e. The van der Waals surface area contributed by atoms with Gasteiger partial charge in [0.2, 0.25) is 0 Å². The second kappa shape index (κ2) is 11.1. The molecule has 0 spiro atoms. The Hall–Kier alpha value is -3.79. The van der Waals surface area contributed by atoms with E-state index in [-0.39, 0.29) is 34.9 Å². The van der Waals surface area contributed by atoms with Gasteiger partial charge >= 0.3 is 12.1 Å². The second-order valence-corrected chi connectivity index (χ2v) is 10.5. The lowest BCUT2D eigenvalue weighted by Crippen LogP contribution is -2.49. The number of piperazine rings is 1. The lowest BCUT2D eigenvalue weighted by Gasteiger charge is -2.35. The summed E-state index contributed by atoms with van der Waals surface area (Å²) in [6.07, 6.45) is -0.300. The Morgan fingerprint density at radius 2 is 1.65 bits per heavy atom. The molecule has 5 N–H and O–H groups in total. The third kappa shape index (κ3) is 6.91. The van der Waals surface area contributed by atoms with Crippen molar-refractivity contribution in [3.05, 3.63) is 53.1 Å². The molecule has 2 aromatic carbocycles. The molecule has 0 unspecified atom stereocenters. The molecule has 1 aliphatic heterocycles. The van der Waals surface area contributed by atoms with E-state index in [4.69, 9.17) is 15.9 Å². The SMILES string of the molecule is CC(C)c1cc(C(=N)N(C(N)=O)c2ccc(CN3CCN(C(=O)OC(C)(C)C)CC3)cc2)c(O)cc1O. The Kier molecular flexibility index (Phi) is 8.32. The molecule has 0 radical (unpaired) electrons. The van der Waals surface area contributed by atoms with Crippen LogP contribution in [0.4, 0.5) is 15.3 Å². The molecule has 0 saturated carbocycles. The van der Waals surface area contributed by atoms with E-state index in [1.165, 1.54) is 12.1 Å². The highest BCUT2D eigenvalue weighted by molar-refractivity contribution is 6.22. The smallest absolute Gasteiger partial charge is 0.410 e. The van der Waals surface area contributed by atoms with E-state index in [1.807, 2.05) is 46.8 Å². The van der Waals surface area contributed by atoms with E-state index in [0.717, 1.165) is 10.5 Å². The molecule has 1 fully saturated rings. The summed E-state index contributed by atoms with van der Waals surface area (Å²) < 4.78 is 5.45. The number of anilines is 1. The Morgan fingerprint density at radius 1 is 1.05 bits per heavy atom. The topological polar surface area (TPSA) is 143 Å². The molecule has 10 heteroatoms. The average molecular weight is 512 g/mol. The van der Waals surface area contributed by atoms with Crippen molar-refractivity contribution >= 4 is 23.6 Å². The first-order chi connectivity index (χ1) is 17.3. The fourth-order valence-electron chi connectivity index (χ4n) is 4.16. The predicted octanol–water partition coefficient (Wildman–Crippen LogP) is 4.18. The van der Waals surface area contributed by atoms with Gasteiger partial charge in [0.05, 0.1) is 11.3 Å². The van der Waals surface area contributed by atoms with Gasteiger partial charge in [-0.2, -0.15) is 0 Å². The molecule has 2 aromatic rings. The van der Waals surface area contributed by atoms with Gasteiger partial charge in [-0.05, 0) is 56.0 Å². The molecule has 10 nitrogen and oxygen atoms in total. The fraction of sp³-hybridized carbons (Fsp3) is 0.444. The number of hydrogen-bond donors (Lipinski definition) is 4. The number of ether oxygens (including phenoxy) is 1. The van der Waals surface area contributed by atoms with Crippen molar-refractivity contribution in [2.24, 2.45) is 5.73 Å². The number of phenols is 2. The largest absolute Gasteiger partial charge is 0.508 e. The number of nitrogens with two attached hydrogens (primary N) is 1. The molecule has 3 amide bonds. The van der Waals surface area contributed by atoms with Gasteiger partial charge in [-0.15, -0.1) is 0 Å². The molecule has 0 atom stereocenters. The van der Waals surface area contributed by atoms with Crippen LogP contribution < -0.4 is 10.6 Å². The van der Waals surface area contributed by atoms with E-state index < -0.39 is 11.6 Å². The van der Waals surface area contributed by atoms with Crippen LogP contribution in [0.25, 0.3) is 0 Å². The molecular weight excluding hydrogens is 474 g/mol. The van der Waals surface area contributed by atoms with Crippen molar-refractivity contribution in [2.75, 3.05) is 31.1 Å². The molecule has 1 heterocycles. The number of benzene rings is 2. The van der Waals surface area contributed by atoms with Crippen molar-refractivity contribution < 1.29 is 24.5 Å². The monoisotopic (exact) mass is 511 g/mol. The number of amidine groups is 1.